The first kappa shape index (κ1) is 31.7. The molecule has 2 bridgehead atoms. The summed E-state index contributed by atoms with van der Waals surface area (Å²) in [5, 5.41) is 4.23. The van der Waals surface area contributed by atoms with Crippen LogP contribution in [0, 0.1) is 11.8 Å². The predicted octanol–water partition coefficient (Wildman–Crippen LogP) is 7.29. The SMILES string of the molecule is COc1cc(C(=O)N2C[C@H]3CC[C@@H]2[C@@H]3NC(=O)OC(C)(C)C)cc2nc(-c3cc4ccc(Sc5ccncc5)cc4n3CC3CC3)n(C)c12. The molecule has 0 radical (unpaired) electrons. The normalized spacial score (nSPS) is 20.3. The van der Waals surface area contributed by atoms with Crippen molar-refractivity contribution in [2.75, 3.05) is 13.7 Å². The Morgan fingerprint density at radius 1 is 1.00 bits per heavy atom. The number of nitrogens with one attached hydrogen (secondary N) is 1. The van der Waals surface area contributed by atoms with Gasteiger partial charge in [0.15, 0.2) is 5.82 Å². The van der Waals surface area contributed by atoms with Gasteiger partial charge in [-0.2, -0.15) is 0 Å². The van der Waals surface area contributed by atoms with E-state index in [4.69, 9.17) is 14.5 Å². The molecule has 1 N–H and O–H groups in total. The molecule has 3 aliphatic rings. The van der Waals surface area contributed by atoms with Gasteiger partial charge in [-0.1, -0.05) is 17.8 Å². The summed E-state index contributed by atoms with van der Waals surface area (Å²) >= 11 is 1.73. The number of likely N-dealkylation sites (tertiary alicyclic amines) is 1. The number of benzene rings is 2. The van der Waals surface area contributed by atoms with Gasteiger partial charge in [-0.15, -0.1) is 0 Å². The number of hydrogen-bond donors (Lipinski definition) is 1. The highest BCUT2D eigenvalue weighted by molar-refractivity contribution is 7.99. The Kier molecular flexibility index (Phi) is 7.85. The van der Waals surface area contributed by atoms with E-state index in [0.29, 0.717) is 29.3 Å². The van der Waals surface area contributed by atoms with E-state index in [0.717, 1.165) is 41.3 Å². The number of methoxy groups -OCH3 is 1. The van der Waals surface area contributed by atoms with Crippen LogP contribution in [0.15, 0.2) is 70.7 Å². The van der Waals surface area contributed by atoms with Crippen molar-refractivity contribution < 1.29 is 19.1 Å². The summed E-state index contributed by atoms with van der Waals surface area (Å²) in [5.74, 6) is 2.22. The minimum absolute atomic E-state index is 0.0716. The van der Waals surface area contributed by atoms with Crippen LogP contribution >= 0.6 is 11.8 Å². The number of imidazole rings is 1. The summed E-state index contributed by atoms with van der Waals surface area (Å²) in [6.07, 6.45) is 7.50. The number of alkyl carbamates (subject to hydrolysis) is 1. The second kappa shape index (κ2) is 12.1. The summed E-state index contributed by atoms with van der Waals surface area (Å²) in [4.78, 5) is 40.3. The van der Waals surface area contributed by atoms with Crippen molar-refractivity contribution >= 4 is 45.7 Å². The van der Waals surface area contributed by atoms with E-state index >= 15 is 0 Å². The largest absolute Gasteiger partial charge is 0.494 e. The van der Waals surface area contributed by atoms with Crippen LogP contribution in [0.5, 0.6) is 5.75 Å². The molecule has 3 aromatic heterocycles. The van der Waals surface area contributed by atoms with Gasteiger partial charge >= 0.3 is 6.09 Å². The number of pyridine rings is 1. The molecular formula is C38H42N6O4S. The third kappa shape index (κ3) is 6.02. The summed E-state index contributed by atoms with van der Waals surface area (Å²) in [6.45, 7) is 7.09. The first-order valence-corrected chi connectivity index (χ1v) is 17.9. The van der Waals surface area contributed by atoms with Crippen LogP contribution in [0.1, 0.15) is 56.8 Å². The zero-order valence-corrected chi connectivity index (χ0v) is 29.4. The van der Waals surface area contributed by atoms with E-state index in [1.165, 1.54) is 28.6 Å². The number of ether oxygens (including phenoxy) is 2. The standard InChI is InChI=1S/C38H42N6O4S/c1-38(2,3)48-37(46)41-33-24-9-11-29(33)44(21-24)36(45)25-16-28-34(32(18-25)47-5)42(4)35(40-28)31-17-23-8-10-27(49-26-12-14-39-15-13-26)19-30(23)43(31)20-22-6-7-22/h8,10,12-19,22,24,29,33H,6-7,9,11,20-21H2,1-5H3,(H,41,46)/t24-,29-,33-/m1/s1. The van der Waals surface area contributed by atoms with Crippen molar-refractivity contribution in [1.82, 2.24) is 29.3 Å². The van der Waals surface area contributed by atoms with Gasteiger partial charge in [0.25, 0.3) is 5.91 Å². The lowest BCUT2D eigenvalue weighted by Crippen LogP contribution is -2.46. The molecule has 2 aromatic carbocycles. The van der Waals surface area contributed by atoms with E-state index in [2.05, 4.69) is 43.7 Å². The molecule has 2 amide bonds. The summed E-state index contributed by atoms with van der Waals surface area (Å²) < 4.78 is 15.9. The smallest absolute Gasteiger partial charge is 0.407 e. The molecular weight excluding hydrogens is 637 g/mol. The average Bonchev–Trinajstić information content (AvgIpc) is 3.43. The molecule has 11 heteroatoms. The Bertz CT molecular complexity index is 2080. The minimum atomic E-state index is -0.584. The van der Waals surface area contributed by atoms with Crippen LogP contribution < -0.4 is 10.1 Å². The molecule has 2 saturated carbocycles. The Balaban J connectivity index is 1.13. The molecule has 5 aromatic rings. The fraction of sp³-hybridized carbons (Fsp3) is 0.421. The topological polar surface area (TPSA) is 104 Å². The highest BCUT2D eigenvalue weighted by Gasteiger charge is 2.50. The Morgan fingerprint density at radius 3 is 2.53 bits per heavy atom. The number of rotatable bonds is 8. The molecule has 8 rings (SSSR count). The van der Waals surface area contributed by atoms with E-state index in [9.17, 15) is 9.59 Å². The summed E-state index contributed by atoms with van der Waals surface area (Å²) in [5.41, 5.74) is 3.75. The van der Waals surface area contributed by atoms with Gasteiger partial charge in [-0.3, -0.25) is 9.78 Å². The quantitative estimate of drug-likeness (QED) is 0.184. The first-order chi connectivity index (χ1) is 23.6. The average molecular weight is 679 g/mol. The van der Waals surface area contributed by atoms with E-state index in [1.54, 1.807) is 18.9 Å². The summed E-state index contributed by atoms with van der Waals surface area (Å²) in [7, 11) is 3.66. The number of piperidine rings is 1. The van der Waals surface area contributed by atoms with Crippen LogP contribution in [0.2, 0.25) is 0 Å². The van der Waals surface area contributed by atoms with Gasteiger partial charge in [0.05, 0.1) is 30.4 Å². The molecule has 49 heavy (non-hydrogen) atoms. The van der Waals surface area contributed by atoms with Crippen molar-refractivity contribution in [2.45, 2.75) is 80.5 Å². The van der Waals surface area contributed by atoms with Crippen molar-refractivity contribution in [1.29, 1.82) is 0 Å². The molecule has 254 valence electrons. The maximum absolute atomic E-state index is 14.1. The number of nitrogens with zero attached hydrogens (tertiary/aromatic N) is 5. The zero-order valence-electron chi connectivity index (χ0n) is 28.6. The summed E-state index contributed by atoms with van der Waals surface area (Å²) in [6, 6.07) is 16.5. The highest BCUT2D eigenvalue weighted by Crippen LogP contribution is 2.42. The van der Waals surface area contributed by atoms with Crippen LogP contribution in [0.25, 0.3) is 33.5 Å². The highest BCUT2D eigenvalue weighted by atomic mass is 32.2. The number of fused-ring (bicyclic) bond motifs is 4. The number of hydrogen-bond acceptors (Lipinski definition) is 7. The van der Waals surface area contributed by atoms with Gasteiger partial charge in [-0.05, 0) is 101 Å². The van der Waals surface area contributed by atoms with Crippen LogP contribution in [-0.4, -0.2) is 67.3 Å². The fourth-order valence-electron chi connectivity index (χ4n) is 7.66. The number of aryl methyl sites for hydroxylation is 1. The lowest BCUT2D eigenvalue weighted by Gasteiger charge is -2.28. The van der Waals surface area contributed by atoms with Crippen molar-refractivity contribution in [3.63, 3.8) is 0 Å². The molecule has 4 heterocycles. The lowest BCUT2D eigenvalue weighted by atomic mass is 10.1. The van der Waals surface area contributed by atoms with Crippen molar-refractivity contribution in [3.8, 4) is 17.3 Å². The Morgan fingerprint density at radius 2 is 1.80 bits per heavy atom. The van der Waals surface area contributed by atoms with E-state index in [-0.39, 0.29) is 23.9 Å². The maximum Gasteiger partial charge on any atom is 0.407 e. The molecule has 0 unspecified atom stereocenters. The molecule has 0 spiro atoms. The number of aromatic nitrogens is 4. The molecule has 1 aliphatic heterocycles. The van der Waals surface area contributed by atoms with Crippen molar-refractivity contribution in [3.05, 3.63) is 66.5 Å². The minimum Gasteiger partial charge on any atom is -0.494 e. The zero-order chi connectivity index (χ0) is 34.0. The predicted molar refractivity (Wildman–Crippen MR) is 190 cm³/mol. The number of carbonyl (C=O) groups excluding carboxylic acids is 2. The van der Waals surface area contributed by atoms with Gasteiger partial charge < -0.3 is 28.8 Å². The third-order valence-corrected chi connectivity index (χ3v) is 11.1. The number of carbonyl (C=O) groups is 2. The third-order valence-electron chi connectivity index (χ3n) is 10.1. The van der Waals surface area contributed by atoms with Gasteiger partial charge in [0.1, 0.15) is 16.9 Å². The second-order valence-electron chi connectivity index (χ2n) is 14.7. The fourth-order valence-corrected chi connectivity index (χ4v) is 8.49. The Labute approximate surface area is 290 Å². The van der Waals surface area contributed by atoms with Crippen LogP contribution in [0.3, 0.4) is 0 Å². The van der Waals surface area contributed by atoms with Gasteiger partial charge in [0, 0.05) is 58.8 Å². The van der Waals surface area contributed by atoms with Crippen LogP contribution in [0.4, 0.5) is 4.79 Å². The molecule has 3 atom stereocenters. The number of amides is 2. The monoisotopic (exact) mass is 678 g/mol. The molecule has 10 nitrogen and oxygen atoms in total. The van der Waals surface area contributed by atoms with Crippen LogP contribution in [-0.2, 0) is 18.3 Å². The molecule has 3 fully saturated rings. The van der Waals surface area contributed by atoms with E-state index in [1.807, 2.05) is 69.4 Å². The van der Waals surface area contributed by atoms with Gasteiger partial charge in [-0.25, -0.2) is 9.78 Å². The van der Waals surface area contributed by atoms with Crippen molar-refractivity contribution in [2.24, 2.45) is 18.9 Å². The maximum atomic E-state index is 14.1. The second-order valence-corrected chi connectivity index (χ2v) is 15.8. The molecule has 2 aliphatic carbocycles. The Hall–Kier alpha value is -4.51. The first-order valence-electron chi connectivity index (χ1n) is 17.1. The van der Waals surface area contributed by atoms with E-state index < -0.39 is 11.7 Å². The van der Waals surface area contributed by atoms with Gasteiger partial charge in [0.2, 0.25) is 0 Å². The lowest BCUT2D eigenvalue weighted by molar-refractivity contribution is 0.0485. The molecule has 1 saturated heterocycles.